The van der Waals surface area contributed by atoms with Gasteiger partial charge in [-0.05, 0) is 79.8 Å². The number of aromatic carboxylic acids is 1. The van der Waals surface area contributed by atoms with E-state index in [0.29, 0.717) is 12.5 Å². The van der Waals surface area contributed by atoms with Crippen LogP contribution in [-0.2, 0) is 6.54 Å². The van der Waals surface area contributed by atoms with E-state index in [9.17, 15) is 9.90 Å². The molecule has 3 aromatic rings. The number of carboxylic acids is 1. The maximum atomic E-state index is 11.8. The summed E-state index contributed by atoms with van der Waals surface area (Å²) in [5.41, 5.74) is 3.52. The van der Waals surface area contributed by atoms with Gasteiger partial charge in [0.2, 0.25) is 11.6 Å². The molecule has 0 radical (unpaired) electrons. The molecule has 1 N–H and O–H groups in total. The molecule has 184 valence electrons. The van der Waals surface area contributed by atoms with Crippen molar-refractivity contribution in [3.63, 3.8) is 0 Å². The number of rotatable bonds is 8. The number of benzene rings is 2. The number of hydrogen-bond acceptors (Lipinski definition) is 6. The molecule has 1 saturated heterocycles. The maximum absolute atomic E-state index is 11.8. The molecule has 35 heavy (non-hydrogen) atoms. The van der Waals surface area contributed by atoms with Gasteiger partial charge in [0.25, 0.3) is 0 Å². The summed E-state index contributed by atoms with van der Waals surface area (Å²) in [6.07, 6.45) is 6.26. The van der Waals surface area contributed by atoms with Crippen LogP contribution in [-0.4, -0.2) is 52.4 Å². The number of ether oxygens (including phenoxy) is 2. The van der Waals surface area contributed by atoms with Crippen LogP contribution < -0.4 is 14.4 Å². The molecule has 2 heterocycles. The standard InChI is InChI=1S/C27H32N4O4/c1-34-23-12-4-19(5-13-23)18-31-26(25(27(32)33)28-29-31)35-24-14-8-21(9-15-24)20-6-10-22(11-7-20)30-16-2-3-17-30/h4-7,10-13,21,24H,2-3,8-9,14-18H2,1H3,(H,32,33). The summed E-state index contributed by atoms with van der Waals surface area (Å²) >= 11 is 0. The van der Waals surface area contributed by atoms with Crippen LogP contribution in [0.1, 0.15) is 66.1 Å². The van der Waals surface area contributed by atoms with E-state index in [-0.39, 0.29) is 17.7 Å². The Bertz CT molecular complexity index is 1130. The van der Waals surface area contributed by atoms with Gasteiger partial charge in [-0.25, -0.2) is 9.48 Å². The lowest BCUT2D eigenvalue weighted by Crippen LogP contribution is -2.25. The number of methoxy groups -OCH3 is 1. The third-order valence-electron chi connectivity index (χ3n) is 7.17. The van der Waals surface area contributed by atoms with Crippen molar-refractivity contribution in [2.24, 2.45) is 0 Å². The van der Waals surface area contributed by atoms with E-state index in [1.807, 2.05) is 24.3 Å². The van der Waals surface area contributed by atoms with Crippen molar-refractivity contribution in [1.29, 1.82) is 0 Å². The van der Waals surface area contributed by atoms with Crippen molar-refractivity contribution in [2.45, 2.75) is 57.1 Å². The zero-order chi connectivity index (χ0) is 24.2. The number of carbonyl (C=O) groups is 1. The zero-order valence-electron chi connectivity index (χ0n) is 20.1. The summed E-state index contributed by atoms with van der Waals surface area (Å²) in [5.74, 6) is 0.362. The average Bonchev–Trinajstić information content (AvgIpc) is 3.56. The van der Waals surface area contributed by atoms with Crippen molar-refractivity contribution in [3.8, 4) is 11.6 Å². The first kappa shape index (κ1) is 23.2. The molecule has 2 fully saturated rings. The Kier molecular flexibility index (Phi) is 6.88. The normalized spacial score (nSPS) is 20.1. The molecule has 0 spiro atoms. The Morgan fingerprint density at radius 2 is 1.69 bits per heavy atom. The van der Waals surface area contributed by atoms with E-state index in [2.05, 4.69) is 39.5 Å². The number of hydrogen-bond donors (Lipinski definition) is 1. The highest BCUT2D eigenvalue weighted by atomic mass is 16.5. The molecule has 5 rings (SSSR count). The number of anilines is 1. The number of carboxylic acid groups (broad SMARTS) is 1. The molecule has 0 bridgehead atoms. The minimum atomic E-state index is -1.13. The lowest BCUT2D eigenvalue weighted by atomic mass is 9.82. The summed E-state index contributed by atoms with van der Waals surface area (Å²) in [7, 11) is 1.62. The number of aromatic nitrogens is 3. The Labute approximate surface area is 205 Å². The zero-order valence-corrected chi connectivity index (χ0v) is 20.1. The van der Waals surface area contributed by atoms with Crippen LogP contribution in [0.15, 0.2) is 48.5 Å². The average molecular weight is 477 g/mol. The summed E-state index contributed by atoms with van der Waals surface area (Å²) in [4.78, 5) is 14.2. The largest absolute Gasteiger partial charge is 0.497 e. The van der Waals surface area contributed by atoms with Crippen LogP contribution in [0.25, 0.3) is 0 Å². The predicted molar refractivity (Wildman–Crippen MR) is 133 cm³/mol. The van der Waals surface area contributed by atoms with E-state index < -0.39 is 5.97 Å². The smallest absolute Gasteiger partial charge is 0.362 e. The van der Waals surface area contributed by atoms with Crippen LogP contribution in [0.3, 0.4) is 0 Å². The van der Waals surface area contributed by atoms with Gasteiger partial charge in [0.05, 0.1) is 13.7 Å². The van der Waals surface area contributed by atoms with Gasteiger partial charge in [-0.1, -0.05) is 29.5 Å². The van der Waals surface area contributed by atoms with Crippen molar-refractivity contribution in [1.82, 2.24) is 15.0 Å². The molecule has 8 heteroatoms. The molecule has 1 aromatic heterocycles. The summed E-state index contributed by atoms with van der Waals surface area (Å²) in [6, 6.07) is 16.6. The van der Waals surface area contributed by atoms with E-state index in [0.717, 1.165) is 50.1 Å². The lowest BCUT2D eigenvalue weighted by Gasteiger charge is -2.29. The molecule has 8 nitrogen and oxygen atoms in total. The van der Waals surface area contributed by atoms with E-state index in [4.69, 9.17) is 9.47 Å². The molecule has 0 unspecified atom stereocenters. The Morgan fingerprint density at radius 3 is 2.31 bits per heavy atom. The summed E-state index contributed by atoms with van der Waals surface area (Å²) in [5, 5.41) is 17.6. The molecule has 0 atom stereocenters. The fraction of sp³-hybridized carbons (Fsp3) is 0.444. The first-order valence-electron chi connectivity index (χ1n) is 12.4. The van der Waals surface area contributed by atoms with Crippen molar-refractivity contribution >= 4 is 11.7 Å². The van der Waals surface area contributed by atoms with E-state index in [1.54, 1.807) is 7.11 Å². The third kappa shape index (κ3) is 5.26. The second-order valence-corrected chi connectivity index (χ2v) is 9.43. The quantitative estimate of drug-likeness (QED) is 0.502. The fourth-order valence-electron chi connectivity index (χ4n) is 5.17. The highest BCUT2D eigenvalue weighted by molar-refractivity contribution is 5.87. The SMILES string of the molecule is COc1ccc(Cn2nnc(C(=O)O)c2OC2CCC(c3ccc(N4CCCC4)cc3)CC2)cc1. The Hall–Kier alpha value is -3.55. The first-order chi connectivity index (χ1) is 17.1. The highest BCUT2D eigenvalue weighted by Gasteiger charge is 2.28. The molecule has 1 aliphatic heterocycles. The van der Waals surface area contributed by atoms with Gasteiger partial charge in [-0.3, -0.25) is 0 Å². The molecule has 1 saturated carbocycles. The Balaban J connectivity index is 1.22. The van der Waals surface area contributed by atoms with Crippen molar-refractivity contribution in [2.75, 3.05) is 25.1 Å². The fourth-order valence-corrected chi connectivity index (χ4v) is 5.17. The summed E-state index contributed by atoms with van der Waals surface area (Å²) in [6.45, 7) is 2.69. The number of nitrogens with zero attached hydrogens (tertiary/aromatic N) is 4. The maximum Gasteiger partial charge on any atom is 0.362 e. The van der Waals surface area contributed by atoms with Gasteiger partial charge in [0, 0.05) is 18.8 Å². The van der Waals surface area contributed by atoms with Gasteiger partial charge < -0.3 is 19.5 Å². The lowest BCUT2D eigenvalue weighted by molar-refractivity contribution is 0.0676. The van der Waals surface area contributed by atoms with E-state index in [1.165, 1.54) is 28.8 Å². The topological polar surface area (TPSA) is 89.7 Å². The molecular formula is C27H32N4O4. The highest BCUT2D eigenvalue weighted by Crippen LogP contribution is 2.36. The van der Waals surface area contributed by atoms with E-state index >= 15 is 0 Å². The third-order valence-corrected chi connectivity index (χ3v) is 7.17. The van der Waals surface area contributed by atoms with Crippen molar-refractivity contribution in [3.05, 3.63) is 65.4 Å². The molecular weight excluding hydrogens is 444 g/mol. The van der Waals surface area contributed by atoms with Crippen LogP contribution in [0, 0.1) is 0 Å². The molecule has 0 amide bonds. The van der Waals surface area contributed by atoms with Crippen LogP contribution in [0.2, 0.25) is 0 Å². The predicted octanol–water partition coefficient (Wildman–Crippen LogP) is 4.74. The monoisotopic (exact) mass is 476 g/mol. The van der Waals surface area contributed by atoms with Gasteiger partial charge in [0.1, 0.15) is 11.9 Å². The molecule has 2 aromatic carbocycles. The van der Waals surface area contributed by atoms with Crippen molar-refractivity contribution < 1.29 is 19.4 Å². The van der Waals surface area contributed by atoms with Gasteiger partial charge >= 0.3 is 5.97 Å². The van der Waals surface area contributed by atoms with Gasteiger partial charge in [-0.15, -0.1) is 5.10 Å². The van der Waals surface area contributed by atoms with Gasteiger partial charge in [0.15, 0.2) is 0 Å². The second-order valence-electron chi connectivity index (χ2n) is 9.43. The van der Waals surface area contributed by atoms with Crippen LogP contribution in [0.5, 0.6) is 11.6 Å². The molecule has 1 aliphatic carbocycles. The minimum Gasteiger partial charge on any atom is -0.497 e. The van der Waals surface area contributed by atoms with Crippen LogP contribution in [0.4, 0.5) is 5.69 Å². The van der Waals surface area contributed by atoms with Gasteiger partial charge in [-0.2, -0.15) is 0 Å². The Morgan fingerprint density at radius 1 is 1.00 bits per heavy atom. The summed E-state index contributed by atoms with van der Waals surface area (Å²) < 4.78 is 13.0. The van der Waals surface area contributed by atoms with Crippen LogP contribution >= 0.6 is 0 Å². The molecule has 2 aliphatic rings. The first-order valence-corrected chi connectivity index (χ1v) is 12.4. The minimum absolute atomic E-state index is 0.0543. The second kappa shape index (κ2) is 10.4.